The van der Waals surface area contributed by atoms with Crippen molar-refractivity contribution in [1.82, 2.24) is 4.90 Å². The third kappa shape index (κ3) is 3.16. The highest BCUT2D eigenvalue weighted by Crippen LogP contribution is 2.31. The second-order valence-corrected chi connectivity index (χ2v) is 5.71. The molecule has 0 radical (unpaired) electrons. The summed E-state index contributed by atoms with van der Waals surface area (Å²) in [4.78, 5) is 2.34. The second-order valence-electron chi connectivity index (χ2n) is 5.03. The highest BCUT2D eigenvalue weighted by molar-refractivity contribution is 7.17. The summed E-state index contributed by atoms with van der Waals surface area (Å²) in [5, 5.41) is 10.4. The first-order valence-corrected chi connectivity index (χ1v) is 7.21. The minimum absolute atomic E-state index is 0.177. The maximum atomic E-state index is 10.4. The molecule has 1 aliphatic carbocycles. The number of rotatable bonds is 3. The monoisotopic (exact) mass is 245 g/mol. The molecule has 2 fully saturated rings. The van der Waals surface area contributed by atoms with Crippen LogP contribution in [0.15, 0.2) is 0 Å². The molecule has 2 rings (SSSR count). The fraction of sp³-hybridized carbons (Fsp3) is 1.00. The molecule has 1 saturated carbocycles. The summed E-state index contributed by atoms with van der Waals surface area (Å²) in [5.41, 5.74) is 0. The van der Waals surface area contributed by atoms with E-state index < -0.39 is 0 Å². The van der Waals surface area contributed by atoms with Gasteiger partial charge in [-0.05, 0) is 18.8 Å². The molecule has 0 aromatic rings. The molecule has 1 saturated heterocycles. The fourth-order valence-electron chi connectivity index (χ4n) is 2.85. The van der Waals surface area contributed by atoms with Gasteiger partial charge >= 0.3 is 0 Å². The first-order valence-electron chi connectivity index (χ1n) is 6.54. The predicted octanol–water partition coefficient (Wildman–Crippen LogP) is 1.46. The molecular weight excluding hydrogens is 221 g/mol. The Balaban J connectivity index is 1.84. The third-order valence-electron chi connectivity index (χ3n) is 3.95. The number of ether oxygens (including phenoxy) is 1. The first-order chi connectivity index (χ1) is 7.79. The van der Waals surface area contributed by atoms with Gasteiger partial charge in [0.15, 0.2) is 0 Å². The summed E-state index contributed by atoms with van der Waals surface area (Å²) in [6, 6.07) is 0. The van der Waals surface area contributed by atoms with Gasteiger partial charge < -0.3 is 9.84 Å². The average molecular weight is 245 g/mol. The number of hydrogen-bond donors (Lipinski definition) is 1. The summed E-state index contributed by atoms with van der Waals surface area (Å²) in [7, 11) is 2.83. The number of nitrogens with zero attached hydrogens (tertiary/aromatic N) is 1. The van der Waals surface area contributed by atoms with E-state index in [0.717, 1.165) is 26.3 Å². The lowest BCUT2D eigenvalue weighted by atomic mass is 9.85. The van der Waals surface area contributed by atoms with E-state index in [1.165, 1.54) is 32.1 Å². The SMILES string of the molecule is O[C@H](C1CCCCC1)[C@H](P)N1CCOCC1. The molecule has 1 N–H and O–H groups in total. The smallest absolute Gasteiger partial charge is 0.0758 e. The van der Waals surface area contributed by atoms with E-state index >= 15 is 0 Å². The van der Waals surface area contributed by atoms with Crippen LogP contribution in [0.2, 0.25) is 0 Å². The molecule has 0 amide bonds. The van der Waals surface area contributed by atoms with E-state index in [4.69, 9.17) is 4.74 Å². The molecule has 94 valence electrons. The number of hydrogen-bond acceptors (Lipinski definition) is 3. The van der Waals surface area contributed by atoms with Crippen LogP contribution in [0.25, 0.3) is 0 Å². The van der Waals surface area contributed by atoms with Gasteiger partial charge in [-0.3, -0.25) is 4.90 Å². The third-order valence-corrected chi connectivity index (χ3v) is 4.77. The summed E-state index contributed by atoms with van der Waals surface area (Å²) in [6.45, 7) is 3.53. The van der Waals surface area contributed by atoms with Crippen molar-refractivity contribution in [3.8, 4) is 0 Å². The Bertz CT molecular complexity index is 181. The summed E-state index contributed by atoms with van der Waals surface area (Å²) in [5.74, 6) is 0.728. The van der Waals surface area contributed by atoms with E-state index in [9.17, 15) is 5.11 Å². The topological polar surface area (TPSA) is 32.7 Å². The van der Waals surface area contributed by atoms with Crippen LogP contribution in [0.3, 0.4) is 0 Å². The Kier molecular flexibility index (Phi) is 5.02. The van der Waals surface area contributed by atoms with Crippen molar-refractivity contribution >= 4 is 9.24 Å². The van der Waals surface area contributed by atoms with Crippen LogP contribution < -0.4 is 0 Å². The van der Waals surface area contributed by atoms with E-state index in [1.807, 2.05) is 0 Å². The molecule has 16 heavy (non-hydrogen) atoms. The van der Waals surface area contributed by atoms with Crippen molar-refractivity contribution in [3.63, 3.8) is 0 Å². The molecule has 1 unspecified atom stereocenters. The molecule has 0 bridgehead atoms. The van der Waals surface area contributed by atoms with Crippen molar-refractivity contribution in [3.05, 3.63) is 0 Å². The van der Waals surface area contributed by atoms with Crippen molar-refractivity contribution in [2.75, 3.05) is 26.3 Å². The van der Waals surface area contributed by atoms with E-state index in [-0.39, 0.29) is 11.9 Å². The number of aliphatic hydroxyl groups is 1. The lowest BCUT2D eigenvalue weighted by Crippen LogP contribution is -2.48. The number of aliphatic hydroxyl groups excluding tert-OH is 1. The van der Waals surface area contributed by atoms with Crippen LogP contribution in [-0.2, 0) is 4.74 Å². The van der Waals surface area contributed by atoms with Gasteiger partial charge in [0.1, 0.15) is 0 Å². The minimum Gasteiger partial charge on any atom is -0.391 e. The Morgan fingerprint density at radius 2 is 1.75 bits per heavy atom. The summed E-state index contributed by atoms with van der Waals surface area (Å²) >= 11 is 0. The highest BCUT2D eigenvalue weighted by atomic mass is 31.0. The maximum absolute atomic E-state index is 10.4. The van der Waals surface area contributed by atoms with Crippen LogP contribution in [0, 0.1) is 5.92 Å². The van der Waals surface area contributed by atoms with Crippen molar-refractivity contribution in [2.45, 2.75) is 44.0 Å². The van der Waals surface area contributed by atoms with Gasteiger partial charge in [-0.1, -0.05) is 19.3 Å². The van der Waals surface area contributed by atoms with Crippen LogP contribution in [0.5, 0.6) is 0 Å². The van der Waals surface area contributed by atoms with E-state index in [1.54, 1.807) is 0 Å². The van der Waals surface area contributed by atoms with Crippen LogP contribution in [0.4, 0.5) is 0 Å². The van der Waals surface area contributed by atoms with E-state index in [0.29, 0.717) is 5.92 Å². The first kappa shape index (κ1) is 12.8. The maximum Gasteiger partial charge on any atom is 0.0758 e. The average Bonchev–Trinajstić information content (AvgIpc) is 2.39. The molecule has 3 atom stereocenters. The molecule has 0 spiro atoms. The second kappa shape index (κ2) is 6.30. The Labute approximate surface area is 101 Å². The molecule has 0 aromatic heterocycles. The molecular formula is C12H24NO2P. The van der Waals surface area contributed by atoms with Gasteiger partial charge in [-0.15, -0.1) is 9.24 Å². The van der Waals surface area contributed by atoms with Gasteiger partial charge in [0.25, 0.3) is 0 Å². The molecule has 1 heterocycles. The van der Waals surface area contributed by atoms with Crippen LogP contribution in [-0.4, -0.2) is 48.2 Å². The quantitative estimate of drug-likeness (QED) is 0.764. The lowest BCUT2D eigenvalue weighted by molar-refractivity contribution is -0.0163. The van der Waals surface area contributed by atoms with Gasteiger partial charge in [-0.2, -0.15) is 0 Å². The normalized spacial score (nSPS) is 28.9. The molecule has 2 aliphatic rings. The largest absolute Gasteiger partial charge is 0.391 e. The molecule has 4 heteroatoms. The minimum atomic E-state index is -0.177. The standard InChI is InChI=1S/C12H24NO2P/c14-11(10-4-2-1-3-5-10)12(16)13-6-8-15-9-7-13/h10-12,14H,1-9,16H2/t11-,12+/m1/s1. The number of morpholine rings is 1. The van der Waals surface area contributed by atoms with E-state index in [2.05, 4.69) is 14.1 Å². The van der Waals surface area contributed by atoms with Gasteiger partial charge in [-0.25, -0.2) is 0 Å². The van der Waals surface area contributed by atoms with Gasteiger partial charge in [0.05, 0.1) is 25.1 Å². The highest BCUT2D eigenvalue weighted by Gasteiger charge is 2.30. The van der Waals surface area contributed by atoms with Crippen molar-refractivity contribution in [2.24, 2.45) is 5.92 Å². The van der Waals surface area contributed by atoms with Crippen LogP contribution in [0.1, 0.15) is 32.1 Å². The Morgan fingerprint density at radius 3 is 2.38 bits per heavy atom. The molecule has 1 aliphatic heterocycles. The van der Waals surface area contributed by atoms with Crippen molar-refractivity contribution < 1.29 is 9.84 Å². The molecule has 0 aromatic carbocycles. The summed E-state index contributed by atoms with van der Waals surface area (Å²) < 4.78 is 5.34. The zero-order chi connectivity index (χ0) is 11.4. The summed E-state index contributed by atoms with van der Waals surface area (Å²) in [6.07, 6.45) is 6.17. The van der Waals surface area contributed by atoms with Crippen LogP contribution >= 0.6 is 9.24 Å². The Morgan fingerprint density at radius 1 is 1.12 bits per heavy atom. The van der Waals surface area contributed by atoms with Crippen molar-refractivity contribution in [1.29, 1.82) is 0 Å². The zero-order valence-corrected chi connectivity index (χ0v) is 11.1. The zero-order valence-electron chi connectivity index (χ0n) is 9.98. The molecule has 3 nitrogen and oxygen atoms in total. The van der Waals surface area contributed by atoms with Gasteiger partial charge in [0.2, 0.25) is 0 Å². The predicted molar refractivity (Wildman–Crippen MR) is 68.5 cm³/mol. The Hall–Kier alpha value is 0.310. The lowest BCUT2D eigenvalue weighted by Gasteiger charge is -2.38. The van der Waals surface area contributed by atoms with Gasteiger partial charge in [0, 0.05) is 13.1 Å². The fourth-order valence-corrected chi connectivity index (χ4v) is 3.46.